The van der Waals surface area contributed by atoms with Crippen LogP contribution in [0.15, 0.2) is 23.0 Å². The van der Waals surface area contributed by atoms with Gasteiger partial charge < -0.3 is 4.90 Å². The summed E-state index contributed by atoms with van der Waals surface area (Å²) in [5, 5.41) is 9.80. The summed E-state index contributed by atoms with van der Waals surface area (Å²) < 4.78 is 1.82. The number of rotatable bonds is 5. The molecule has 1 unspecified atom stereocenters. The van der Waals surface area contributed by atoms with Crippen molar-refractivity contribution in [1.82, 2.24) is 19.4 Å². The van der Waals surface area contributed by atoms with Gasteiger partial charge in [0.15, 0.2) is 0 Å². The molecule has 1 atom stereocenters. The molecule has 1 aromatic carbocycles. The van der Waals surface area contributed by atoms with Gasteiger partial charge in [0, 0.05) is 26.2 Å². The molecule has 0 N–H and O–H groups in total. The van der Waals surface area contributed by atoms with Gasteiger partial charge in [-0.2, -0.15) is 5.26 Å². The fourth-order valence-corrected chi connectivity index (χ4v) is 3.99. The number of hydrogen-bond donors (Lipinski definition) is 0. The first kappa shape index (κ1) is 19.5. The van der Waals surface area contributed by atoms with Crippen LogP contribution in [-0.2, 0) is 6.54 Å². The molecule has 6 nitrogen and oxygen atoms in total. The van der Waals surface area contributed by atoms with Crippen molar-refractivity contribution in [1.29, 1.82) is 5.26 Å². The highest BCUT2D eigenvalue weighted by Crippen LogP contribution is 2.26. The van der Waals surface area contributed by atoms with E-state index in [-0.39, 0.29) is 11.6 Å². The number of aromatic nitrogens is 2. The zero-order chi connectivity index (χ0) is 19.4. The van der Waals surface area contributed by atoms with Crippen LogP contribution in [0.4, 0.5) is 0 Å². The minimum absolute atomic E-state index is 0.00460. The normalized spacial score (nSPS) is 17.6. The van der Waals surface area contributed by atoms with Crippen molar-refractivity contribution in [2.45, 2.75) is 45.7 Å². The number of hydrogen-bond acceptors (Lipinski definition) is 5. The van der Waals surface area contributed by atoms with Crippen LogP contribution in [0.2, 0.25) is 0 Å². The fourth-order valence-electron chi connectivity index (χ4n) is 3.99. The molecule has 2 heterocycles. The molecule has 144 valence electrons. The zero-order valence-electron chi connectivity index (χ0n) is 16.6. The van der Waals surface area contributed by atoms with Gasteiger partial charge in [-0.05, 0) is 51.6 Å². The van der Waals surface area contributed by atoms with E-state index in [1.165, 1.54) is 0 Å². The van der Waals surface area contributed by atoms with Crippen molar-refractivity contribution >= 4 is 10.9 Å². The molecular formula is C21H29N5O. The first-order valence-corrected chi connectivity index (χ1v) is 9.96. The molecule has 2 aromatic rings. The van der Waals surface area contributed by atoms with Gasteiger partial charge in [0.25, 0.3) is 5.56 Å². The van der Waals surface area contributed by atoms with Crippen LogP contribution < -0.4 is 5.56 Å². The Morgan fingerprint density at radius 2 is 2.04 bits per heavy atom. The Morgan fingerprint density at radius 1 is 1.22 bits per heavy atom. The Hall–Kier alpha value is -2.23. The first-order valence-electron chi connectivity index (χ1n) is 9.96. The molecule has 0 bridgehead atoms. The van der Waals surface area contributed by atoms with E-state index in [2.05, 4.69) is 29.8 Å². The number of nitriles is 1. The molecule has 0 saturated carbocycles. The molecule has 1 fully saturated rings. The Bertz CT molecular complexity index is 898. The SMILES string of the molecule is CCCC(c1nc2cc(C#N)ccc2c(=O)n1CC)N1CCCN(C)CC1. The molecule has 0 amide bonds. The van der Waals surface area contributed by atoms with E-state index < -0.39 is 0 Å². The Labute approximate surface area is 161 Å². The van der Waals surface area contributed by atoms with E-state index in [0.717, 1.165) is 51.3 Å². The van der Waals surface area contributed by atoms with Gasteiger partial charge in [-0.3, -0.25) is 14.3 Å². The molecular weight excluding hydrogens is 338 g/mol. The maximum absolute atomic E-state index is 13.1. The summed E-state index contributed by atoms with van der Waals surface area (Å²) in [5.74, 6) is 0.844. The summed E-state index contributed by atoms with van der Waals surface area (Å²) in [7, 11) is 2.16. The van der Waals surface area contributed by atoms with E-state index in [9.17, 15) is 10.1 Å². The van der Waals surface area contributed by atoms with Crippen LogP contribution >= 0.6 is 0 Å². The van der Waals surface area contributed by atoms with Crippen LogP contribution in [0.3, 0.4) is 0 Å². The topological polar surface area (TPSA) is 65.2 Å². The second kappa shape index (κ2) is 8.64. The maximum Gasteiger partial charge on any atom is 0.261 e. The first-order chi connectivity index (χ1) is 13.1. The number of fused-ring (bicyclic) bond motifs is 1. The maximum atomic E-state index is 13.1. The van der Waals surface area contributed by atoms with E-state index >= 15 is 0 Å². The van der Waals surface area contributed by atoms with Gasteiger partial charge in [0.2, 0.25) is 0 Å². The van der Waals surface area contributed by atoms with E-state index in [1.807, 2.05) is 11.5 Å². The van der Waals surface area contributed by atoms with Crippen molar-refractivity contribution in [2.24, 2.45) is 0 Å². The van der Waals surface area contributed by atoms with Gasteiger partial charge in [-0.25, -0.2) is 4.98 Å². The van der Waals surface area contributed by atoms with Gasteiger partial charge >= 0.3 is 0 Å². The Balaban J connectivity index is 2.12. The van der Waals surface area contributed by atoms with Crippen molar-refractivity contribution in [3.8, 4) is 6.07 Å². The van der Waals surface area contributed by atoms with Crippen LogP contribution in [0.25, 0.3) is 10.9 Å². The fraction of sp³-hybridized carbons (Fsp3) is 0.571. The summed E-state index contributed by atoms with van der Waals surface area (Å²) in [6.45, 7) is 8.92. The van der Waals surface area contributed by atoms with E-state index in [1.54, 1.807) is 18.2 Å². The van der Waals surface area contributed by atoms with E-state index in [4.69, 9.17) is 4.98 Å². The minimum Gasteiger partial charge on any atom is -0.305 e. The second-order valence-electron chi connectivity index (χ2n) is 7.36. The lowest BCUT2D eigenvalue weighted by Crippen LogP contribution is -2.37. The summed E-state index contributed by atoms with van der Waals surface area (Å²) in [6, 6.07) is 7.44. The number of likely N-dealkylation sites (N-methyl/N-ethyl adjacent to an activating group) is 1. The highest BCUT2D eigenvalue weighted by Gasteiger charge is 2.26. The summed E-state index contributed by atoms with van der Waals surface area (Å²) in [4.78, 5) is 22.9. The molecule has 1 aliphatic heterocycles. The van der Waals surface area contributed by atoms with Crippen LogP contribution in [0.1, 0.15) is 50.5 Å². The quantitative estimate of drug-likeness (QED) is 0.813. The van der Waals surface area contributed by atoms with Gasteiger partial charge in [0.1, 0.15) is 5.82 Å². The smallest absolute Gasteiger partial charge is 0.261 e. The number of benzene rings is 1. The number of nitrogens with zero attached hydrogens (tertiary/aromatic N) is 5. The van der Waals surface area contributed by atoms with Gasteiger partial charge in [-0.15, -0.1) is 0 Å². The second-order valence-corrected chi connectivity index (χ2v) is 7.36. The van der Waals surface area contributed by atoms with Crippen molar-refractivity contribution in [2.75, 3.05) is 33.2 Å². The molecule has 3 rings (SSSR count). The Kier molecular flexibility index (Phi) is 6.25. The summed E-state index contributed by atoms with van der Waals surface area (Å²) >= 11 is 0. The third-order valence-corrected chi connectivity index (χ3v) is 5.49. The molecule has 0 aliphatic carbocycles. The average Bonchev–Trinajstić information content (AvgIpc) is 2.90. The molecule has 27 heavy (non-hydrogen) atoms. The lowest BCUT2D eigenvalue weighted by molar-refractivity contribution is 0.180. The van der Waals surface area contributed by atoms with Gasteiger partial charge in [0.05, 0.1) is 28.6 Å². The lowest BCUT2D eigenvalue weighted by atomic mass is 10.1. The monoisotopic (exact) mass is 367 g/mol. The standard InChI is InChI=1S/C21H29N5O/c1-4-7-19(25-11-6-10-24(3)12-13-25)20-23-18-14-16(15-22)8-9-17(18)21(27)26(20)5-2/h8-9,14,19H,4-7,10-13H2,1-3H3. The predicted molar refractivity (Wildman–Crippen MR) is 108 cm³/mol. The van der Waals surface area contributed by atoms with Crippen molar-refractivity contribution in [3.05, 3.63) is 39.9 Å². The third kappa shape index (κ3) is 4.05. The minimum atomic E-state index is -0.00460. The summed E-state index contributed by atoms with van der Waals surface area (Å²) in [6.07, 6.45) is 3.13. The van der Waals surface area contributed by atoms with Crippen molar-refractivity contribution in [3.63, 3.8) is 0 Å². The molecule has 1 aliphatic rings. The Morgan fingerprint density at radius 3 is 2.74 bits per heavy atom. The van der Waals surface area contributed by atoms with Crippen molar-refractivity contribution < 1.29 is 0 Å². The summed E-state index contributed by atoms with van der Waals surface area (Å²) in [5.41, 5.74) is 1.17. The largest absolute Gasteiger partial charge is 0.305 e. The van der Waals surface area contributed by atoms with Crippen LogP contribution in [-0.4, -0.2) is 52.6 Å². The molecule has 1 aromatic heterocycles. The third-order valence-electron chi connectivity index (χ3n) is 5.49. The van der Waals surface area contributed by atoms with Crippen LogP contribution in [0, 0.1) is 11.3 Å². The highest BCUT2D eigenvalue weighted by molar-refractivity contribution is 5.79. The van der Waals surface area contributed by atoms with Gasteiger partial charge in [-0.1, -0.05) is 13.3 Å². The zero-order valence-corrected chi connectivity index (χ0v) is 16.6. The molecule has 1 saturated heterocycles. The molecule has 0 spiro atoms. The molecule has 6 heteroatoms. The average molecular weight is 367 g/mol. The predicted octanol–water partition coefficient (Wildman–Crippen LogP) is 2.77. The van der Waals surface area contributed by atoms with Crippen LogP contribution in [0.5, 0.6) is 0 Å². The van der Waals surface area contributed by atoms with E-state index in [0.29, 0.717) is 23.0 Å². The lowest BCUT2D eigenvalue weighted by Gasteiger charge is -2.31. The molecule has 0 radical (unpaired) electrons. The highest BCUT2D eigenvalue weighted by atomic mass is 16.1.